The number of amides is 4. The summed E-state index contributed by atoms with van der Waals surface area (Å²) in [4.78, 5) is 128. The van der Waals surface area contributed by atoms with Crippen molar-refractivity contribution >= 4 is 109 Å². The van der Waals surface area contributed by atoms with Crippen molar-refractivity contribution in [1.82, 2.24) is 76.1 Å². The van der Waals surface area contributed by atoms with Crippen LogP contribution in [0.4, 0.5) is 0 Å². The van der Waals surface area contributed by atoms with Crippen LogP contribution >= 0.6 is 56.7 Å². The van der Waals surface area contributed by atoms with Crippen LogP contribution in [0.15, 0.2) is 75.6 Å². The molecule has 31 nitrogen and oxygen atoms in total. The number of nitrogens with one attached hydrogen (secondary N) is 5. The summed E-state index contributed by atoms with van der Waals surface area (Å²) in [6.07, 6.45) is -2.61. The molecular formula is C63H63N15O16S5. The minimum Gasteiger partial charge on any atom is -0.506 e. The lowest BCUT2D eigenvalue weighted by Crippen LogP contribution is -2.62. The molecule has 4 aliphatic rings. The predicted octanol–water partition coefficient (Wildman–Crippen LogP) is 5.24. The molecule has 13 rings (SSSR count). The number of aromatic hydroxyl groups is 1. The fourth-order valence-corrected chi connectivity index (χ4v) is 16.4. The third-order valence-electron chi connectivity index (χ3n) is 16.8. The standard InChI is InChI=1S/C63H63N15O16S5/c1-26(79)43-55(84)75-44(27(2)89-7)58-71-38(24-98-58)54(83)76-47-49-50(94-41-12-63(4,87)51(77(5)6)28(3)93-41)62(86)91-17-30-9-8-10-39-42(30)33(18-90-49)48(78(39)88)61(85)92-19-34(68-52(81)36-23-99-60(47)72-36)57-69-35(21-97-57)45-32(56-70-37(22-96-56)53(82)74-43)11-40(80)46(73-45)59-67-31(20-95-59)16-64-13-29-14-65-25-66-15-29/h8-11,14-15,20-26,28,34,41,43,47,49-51,64,79-80,87-88H,12-13,16-19H2,1-7H3,(H,68,81)(H,74,82)(H,75,84)(H,76,83)/b44-27+. The number of nitrogens with zero attached hydrogens (tertiary/aromatic N) is 10. The summed E-state index contributed by atoms with van der Waals surface area (Å²) in [7, 11) is 4.89. The topological polar surface area (TPSA) is 410 Å². The van der Waals surface area contributed by atoms with Gasteiger partial charge in [0.25, 0.3) is 17.7 Å². The second-order valence-corrected chi connectivity index (χ2v) is 28.3. The van der Waals surface area contributed by atoms with Gasteiger partial charge in [-0.05, 0) is 59.5 Å². The lowest BCUT2D eigenvalue weighted by atomic mass is 9.85. The fourth-order valence-electron chi connectivity index (χ4n) is 12.2. The highest BCUT2D eigenvalue weighted by Crippen LogP contribution is 2.43. The van der Waals surface area contributed by atoms with E-state index in [1.807, 2.05) is 0 Å². The van der Waals surface area contributed by atoms with Crippen molar-refractivity contribution in [2.75, 3.05) is 27.8 Å². The molecule has 1 saturated heterocycles. The minimum absolute atomic E-state index is 0.00789. The number of methoxy groups -OCH3 is 1. The second kappa shape index (κ2) is 28.2. The number of esters is 2. The average molecular weight is 1450 g/mol. The Morgan fingerprint density at radius 3 is 2.26 bits per heavy atom. The Labute approximate surface area is 582 Å². The first-order chi connectivity index (χ1) is 47.5. The number of aromatic nitrogens is 9. The summed E-state index contributed by atoms with van der Waals surface area (Å²) in [5.41, 5.74) is -0.287. The zero-order chi connectivity index (χ0) is 69.7. The Morgan fingerprint density at radius 1 is 0.828 bits per heavy atom. The van der Waals surface area contributed by atoms with Crippen LogP contribution in [0.2, 0.25) is 0 Å². The van der Waals surface area contributed by atoms with E-state index in [2.05, 4.69) is 46.5 Å². The molecule has 36 heteroatoms. The van der Waals surface area contributed by atoms with Crippen LogP contribution < -0.4 is 26.6 Å². The molecule has 12 bridgehead atoms. The maximum absolute atomic E-state index is 15.2. The number of carbonyl (C=O) groups excluding carboxylic acids is 6. The lowest BCUT2D eigenvalue weighted by molar-refractivity contribution is -0.280. The molecule has 12 heterocycles. The van der Waals surface area contributed by atoms with E-state index in [4.69, 9.17) is 48.4 Å². The molecule has 1 fully saturated rings. The first-order valence-electron chi connectivity index (χ1n) is 30.6. The SMILES string of the molecule is CO/C(C)=C1/NC(=O)C(C(C)O)NC(=O)c2csc(n2)-c2cc(O)c(-c3nc(CNCc4cncnc4)cs3)nc2-c2csc(n2)C2COC(=O)c3c4c5c(cccc5n3O)COC(=O)C(OC3CC(C)(O)C(N(C)C)C(C)O3)C(OC4)C(NC(=O)c3csc1n3)c1nc(cs1)C(=O)N2. The van der Waals surface area contributed by atoms with Crippen molar-refractivity contribution in [2.45, 2.75) is 121 Å². The quantitative estimate of drug-likeness (QED) is 0.0480. The van der Waals surface area contributed by atoms with Gasteiger partial charge in [-0.1, -0.05) is 12.1 Å². The zero-order valence-electron chi connectivity index (χ0n) is 53.6. The number of aliphatic hydroxyl groups is 2. The largest absolute Gasteiger partial charge is 0.506 e. The van der Waals surface area contributed by atoms with Gasteiger partial charge in [0, 0.05) is 80.9 Å². The average Bonchev–Trinajstić information content (AvgIpc) is 1.65. The molecule has 4 amide bonds. The normalized spacial score (nSPS) is 24.0. The van der Waals surface area contributed by atoms with Crippen molar-refractivity contribution < 1.29 is 77.7 Å². The number of benzene rings is 1. The fraction of sp³-hybridized carbons (Fsp3) is 0.365. The Morgan fingerprint density at radius 2 is 1.52 bits per heavy atom. The molecule has 4 aliphatic heterocycles. The monoisotopic (exact) mass is 1450 g/mol. The van der Waals surface area contributed by atoms with Crippen LogP contribution in [0.5, 0.6) is 5.75 Å². The molecule has 1 aromatic carbocycles. The number of allylic oxidation sites excluding steroid dienone is 1. The maximum Gasteiger partial charge on any atom is 0.358 e. The molecule has 10 atom stereocenters. The van der Waals surface area contributed by atoms with E-state index in [0.717, 1.165) is 50.9 Å². The van der Waals surface area contributed by atoms with Gasteiger partial charge >= 0.3 is 11.9 Å². The number of cyclic esters (lactones) is 2. The minimum atomic E-state index is -1.89. The van der Waals surface area contributed by atoms with E-state index in [9.17, 15) is 30.1 Å². The first-order valence-corrected chi connectivity index (χ1v) is 35.0. The summed E-state index contributed by atoms with van der Waals surface area (Å²) in [5, 5.41) is 70.1. The number of pyridine rings is 1. The smallest absolute Gasteiger partial charge is 0.358 e. The molecule has 9 N–H and O–H groups in total. The van der Waals surface area contributed by atoms with Gasteiger partial charge in [0.05, 0.1) is 48.8 Å². The third kappa shape index (κ3) is 13.9. The van der Waals surface area contributed by atoms with Crippen molar-refractivity contribution in [3.63, 3.8) is 0 Å². The summed E-state index contributed by atoms with van der Waals surface area (Å²) >= 11 is 5.00. The van der Waals surface area contributed by atoms with Gasteiger partial charge in [-0.3, -0.25) is 19.2 Å². The molecule has 9 aromatic rings. The molecule has 0 aliphatic carbocycles. The van der Waals surface area contributed by atoms with E-state index >= 15 is 19.2 Å². The molecular weight excluding hydrogens is 1380 g/mol. The molecule has 516 valence electrons. The second-order valence-electron chi connectivity index (χ2n) is 24.0. The molecule has 0 saturated carbocycles. The van der Waals surface area contributed by atoms with Gasteiger partial charge in [-0.25, -0.2) is 49.5 Å². The Bertz CT molecular complexity index is 4640. The van der Waals surface area contributed by atoms with Crippen molar-refractivity contribution in [3.05, 3.63) is 136 Å². The number of aliphatic hydroxyl groups excluding tert-OH is 1. The summed E-state index contributed by atoms with van der Waals surface area (Å²) in [5.74, 6) is -5.98. The zero-order valence-corrected chi connectivity index (χ0v) is 57.7. The third-order valence-corrected chi connectivity index (χ3v) is 21.3. The van der Waals surface area contributed by atoms with Crippen LogP contribution in [-0.2, 0) is 64.3 Å². The number of carbonyl (C=O) groups is 6. The van der Waals surface area contributed by atoms with E-state index < -0.39 is 122 Å². The lowest BCUT2D eigenvalue weighted by Gasteiger charge is -2.48. The highest BCUT2D eigenvalue weighted by Gasteiger charge is 2.50. The molecule has 99 heavy (non-hydrogen) atoms. The summed E-state index contributed by atoms with van der Waals surface area (Å²) < 4.78 is 38.4. The number of likely N-dealkylation sites (N-methyl/N-ethyl adjacent to an activating group) is 1. The van der Waals surface area contributed by atoms with E-state index in [-0.39, 0.29) is 99.9 Å². The number of thiazole rings is 5. The van der Waals surface area contributed by atoms with Crippen LogP contribution in [-0.4, -0.2) is 182 Å². The Kier molecular flexibility index (Phi) is 19.5. The number of hydrogen-bond acceptors (Lipinski definition) is 31. The highest BCUT2D eigenvalue weighted by molar-refractivity contribution is 7.14. The number of hydrogen-bond donors (Lipinski definition) is 9. The van der Waals surface area contributed by atoms with Crippen LogP contribution in [0.3, 0.4) is 0 Å². The van der Waals surface area contributed by atoms with Crippen LogP contribution in [0.1, 0.15) is 126 Å². The van der Waals surface area contributed by atoms with E-state index in [0.29, 0.717) is 34.1 Å². The number of rotatable bonds is 10. The van der Waals surface area contributed by atoms with Crippen LogP contribution in [0.25, 0.3) is 49.3 Å². The van der Waals surface area contributed by atoms with Crippen molar-refractivity contribution in [2.24, 2.45) is 0 Å². The Balaban J connectivity index is 0.969. The first kappa shape index (κ1) is 68.3. The van der Waals surface area contributed by atoms with Gasteiger partial charge in [0.15, 0.2) is 18.1 Å². The molecule has 0 spiro atoms. The number of ether oxygens (including phenoxy) is 6. The molecule has 0 radical (unpaired) electrons. The summed E-state index contributed by atoms with van der Waals surface area (Å²) in [6.45, 7) is 5.20. The van der Waals surface area contributed by atoms with Gasteiger partial charge in [0.2, 0.25) is 5.91 Å². The summed E-state index contributed by atoms with van der Waals surface area (Å²) in [6, 6.07) is 0.999. The number of fused-ring (bicyclic) bond motifs is 15. The van der Waals surface area contributed by atoms with Gasteiger partial charge in [-0.2, -0.15) is 4.73 Å². The molecule has 8 aromatic heterocycles. The van der Waals surface area contributed by atoms with Gasteiger partial charge in [0.1, 0.15) is 120 Å². The van der Waals surface area contributed by atoms with Gasteiger partial charge < -0.3 is 80.4 Å². The van der Waals surface area contributed by atoms with Gasteiger partial charge in [-0.15, -0.1) is 56.7 Å². The van der Waals surface area contributed by atoms with E-state index in [1.165, 1.54) is 66.9 Å². The van der Waals surface area contributed by atoms with Crippen molar-refractivity contribution in [3.8, 4) is 38.4 Å². The van der Waals surface area contributed by atoms with E-state index in [1.54, 1.807) is 68.1 Å². The maximum atomic E-state index is 15.2. The highest BCUT2D eigenvalue weighted by atomic mass is 32.1. The Hall–Kier alpha value is -9.18. The van der Waals surface area contributed by atoms with Crippen LogP contribution in [0, 0.1) is 0 Å². The predicted molar refractivity (Wildman–Crippen MR) is 357 cm³/mol. The molecule has 10 unspecified atom stereocenters. The van der Waals surface area contributed by atoms with Crippen molar-refractivity contribution in [1.29, 1.82) is 0 Å².